The number of benzene rings is 3. The predicted molar refractivity (Wildman–Crippen MR) is 222 cm³/mol. The number of aromatic nitrogens is 3. The highest BCUT2D eigenvalue weighted by atomic mass is 32.2. The van der Waals surface area contributed by atoms with Crippen molar-refractivity contribution < 1.29 is 40.3 Å². The van der Waals surface area contributed by atoms with E-state index in [0.29, 0.717) is 43.2 Å². The average molecular weight is 867 g/mol. The van der Waals surface area contributed by atoms with Crippen molar-refractivity contribution in [1.29, 1.82) is 0 Å². The summed E-state index contributed by atoms with van der Waals surface area (Å²) in [5, 5.41) is 7.68. The number of methoxy groups -OCH3 is 1. The molecule has 3 aromatic heterocycles. The van der Waals surface area contributed by atoms with Gasteiger partial charge in [-0.3, -0.25) is 9.97 Å². The normalized spacial score (nSPS) is 12.9. The number of hydrazine groups is 1. The van der Waals surface area contributed by atoms with Crippen LogP contribution in [0.1, 0.15) is 11.1 Å². The third-order valence-electron chi connectivity index (χ3n) is 9.45. The Kier molecular flexibility index (Phi) is 12.8. The van der Waals surface area contributed by atoms with Gasteiger partial charge in [0.2, 0.25) is 19.7 Å². The lowest BCUT2D eigenvalue weighted by molar-refractivity contribution is 0.122. The van der Waals surface area contributed by atoms with E-state index < -0.39 is 37.6 Å². The van der Waals surface area contributed by atoms with Gasteiger partial charge in [0.25, 0.3) is 0 Å². The summed E-state index contributed by atoms with van der Waals surface area (Å²) in [6.45, 7) is 2.18. The van der Waals surface area contributed by atoms with E-state index in [1.807, 2.05) is 4.90 Å². The van der Waals surface area contributed by atoms with Gasteiger partial charge >= 0.3 is 12.1 Å². The fraction of sp³-hybridized carbons (Fsp3) is 0.167. The maximum absolute atomic E-state index is 14.4. The molecule has 1 aliphatic rings. The molecule has 0 saturated carbocycles. The van der Waals surface area contributed by atoms with Crippen LogP contribution in [0.15, 0.2) is 154 Å². The van der Waals surface area contributed by atoms with E-state index in [0.717, 1.165) is 22.2 Å². The zero-order valence-electron chi connectivity index (χ0n) is 32.6. The standard InChI is InChI=1S/C42H39FN8O8S2/c1-58-35-22-32(43)23-39(24-35)61(56,57)36-10-6-33(7-11-36)48-42(53)50(29-31-5-3-17-45-26-31)51(41(52)47-27-30-4-2-16-44-25-30)34-8-12-37(13-9-34)60(54,55)38-14-15-40(46-28-38)49-18-20-59-21-19-49/h2-17,22-26,28H,18-21,27,29H2,1H3,(H,47,52)(H,48,53). The lowest BCUT2D eigenvalue weighted by Gasteiger charge is -2.35. The van der Waals surface area contributed by atoms with Crippen LogP contribution in [-0.4, -0.2) is 82.3 Å². The molecule has 0 aliphatic carbocycles. The van der Waals surface area contributed by atoms with Crippen molar-refractivity contribution in [1.82, 2.24) is 25.3 Å². The summed E-state index contributed by atoms with van der Waals surface area (Å²) >= 11 is 0. The fourth-order valence-corrected chi connectivity index (χ4v) is 8.80. The molecular weight excluding hydrogens is 828 g/mol. The number of nitrogens with one attached hydrogen (secondary N) is 2. The van der Waals surface area contributed by atoms with Gasteiger partial charge in [0.15, 0.2) is 0 Å². The van der Waals surface area contributed by atoms with Gasteiger partial charge < -0.3 is 25.0 Å². The zero-order valence-corrected chi connectivity index (χ0v) is 34.2. The van der Waals surface area contributed by atoms with Crippen LogP contribution in [0.25, 0.3) is 0 Å². The molecule has 1 fully saturated rings. The second kappa shape index (κ2) is 18.5. The van der Waals surface area contributed by atoms with Crippen LogP contribution in [-0.2, 0) is 37.5 Å². The Balaban J connectivity index is 1.19. The van der Waals surface area contributed by atoms with Crippen molar-refractivity contribution in [2.75, 3.05) is 48.6 Å². The highest BCUT2D eigenvalue weighted by molar-refractivity contribution is 7.91. The smallest absolute Gasteiger partial charge is 0.341 e. The van der Waals surface area contributed by atoms with Crippen molar-refractivity contribution in [3.63, 3.8) is 0 Å². The van der Waals surface area contributed by atoms with Gasteiger partial charge in [-0.15, -0.1) is 0 Å². The number of nitrogens with zero attached hydrogens (tertiary/aromatic N) is 6. The van der Waals surface area contributed by atoms with E-state index in [1.54, 1.807) is 48.9 Å². The molecule has 1 aliphatic heterocycles. The van der Waals surface area contributed by atoms with Gasteiger partial charge in [-0.05, 0) is 96.1 Å². The minimum absolute atomic E-state index is 0.0214. The molecule has 0 unspecified atom stereocenters. The maximum atomic E-state index is 14.4. The molecule has 6 aromatic rings. The summed E-state index contributed by atoms with van der Waals surface area (Å²) in [6.07, 6.45) is 7.52. The molecule has 16 nitrogen and oxygen atoms in total. The molecular formula is C42H39FN8O8S2. The summed E-state index contributed by atoms with van der Waals surface area (Å²) in [5.74, 6) is -0.149. The number of ether oxygens (including phenoxy) is 2. The van der Waals surface area contributed by atoms with E-state index in [-0.39, 0.29) is 49.8 Å². The largest absolute Gasteiger partial charge is 0.497 e. The number of carbonyl (C=O) groups excluding carboxylic acids is 2. The molecule has 314 valence electrons. The number of morpholine rings is 1. The Morgan fingerprint density at radius 1 is 0.754 bits per heavy atom. The van der Waals surface area contributed by atoms with Crippen LogP contribution in [0.5, 0.6) is 5.75 Å². The molecule has 7 rings (SSSR count). The first-order valence-corrected chi connectivity index (χ1v) is 21.7. The Hall–Kier alpha value is -6.96. The van der Waals surface area contributed by atoms with E-state index in [1.165, 1.54) is 80.2 Å². The van der Waals surface area contributed by atoms with Crippen LogP contribution >= 0.6 is 0 Å². The number of rotatable bonds is 12. The minimum Gasteiger partial charge on any atom is -0.497 e. The summed E-state index contributed by atoms with van der Waals surface area (Å²) in [4.78, 5) is 42.6. The highest BCUT2D eigenvalue weighted by Gasteiger charge is 2.30. The van der Waals surface area contributed by atoms with Gasteiger partial charge in [-0.1, -0.05) is 12.1 Å². The second-order valence-corrected chi connectivity index (χ2v) is 17.4. The Bertz CT molecular complexity index is 2690. The Morgan fingerprint density at radius 2 is 1.38 bits per heavy atom. The van der Waals surface area contributed by atoms with E-state index in [2.05, 4.69) is 25.6 Å². The van der Waals surface area contributed by atoms with E-state index in [9.17, 15) is 30.8 Å². The van der Waals surface area contributed by atoms with Gasteiger partial charge in [0, 0.05) is 62.4 Å². The van der Waals surface area contributed by atoms with Crippen LogP contribution in [0, 0.1) is 5.82 Å². The minimum atomic E-state index is -4.19. The van der Waals surface area contributed by atoms with E-state index >= 15 is 0 Å². The van der Waals surface area contributed by atoms with Gasteiger partial charge in [0.05, 0.1) is 52.1 Å². The summed E-state index contributed by atoms with van der Waals surface area (Å²) in [6, 6.07) is 22.1. The number of sulfone groups is 2. The first-order valence-electron chi connectivity index (χ1n) is 18.7. The molecule has 19 heteroatoms. The van der Waals surface area contributed by atoms with Gasteiger partial charge in [0.1, 0.15) is 17.4 Å². The zero-order chi connectivity index (χ0) is 43.0. The lowest BCUT2D eigenvalue weighted by atomic mass is 10.2. The summed E-state index contributed by atoms with van der Waals surface area (Å²) < 4.78 is 79.0. The number of pyridine rings is 3. The molecule has 0 spiro atoms. The predicted octanol–water partition coefficient (Wildman–Crippen LogP) is 5.89. The number of amides is 4. The fourth-order valence-electron chi connectivity index (χ4n) is 6.28. The summed E-state index contributed by atoms with van der Waals surface area (Å²) in [5.41, 5.74) is 1.47. The van der Waals surface area contributed by atoms with Crippen LogP contribution < -0.4 is 25.3 Å². The van der Waals surface area contributed by atoms with Crippen LogP contribution in [0.3, 0.4) is 0 Å². The second-order valence-electron chi connectivity index (χ2n) is 13.5. The molecule has 1 saturated heterocycles. The van der Waals surface area contributed by atoms with Crippen molar-refractivity contribution in [2.24, 2.45) is 0 Å². The Labute approximate surface area is 351 Å². The van der Waals surface area contributed by atoms with Crippen LogP contribution in [0.2, 0.25) is 0 Å². The molecule has 4 amide bonds. The van der Waals surface area contributed by atoms with Gasteiger partial charge in [-0.2, -0.15) is 5.01 Å². The van der Waals surface area contributed by atoms with Crippen LogP contribution in [0.4, 0.5) is 31.2 Å². The number of hydrogen-bond acceptors (Lipinski definition) is 12. The SMILES string of the molecule is COc1cc(F)cc(S(=O)(=O)c2ccc(NC(=O)N(Cc3cccnc3)N(C(=O)NCc3cccnc3)c3ccc(S(=O)(=O)c4ccc(N5CCOCC5)nc4)cc3)cc2)c1. The number of urea groups is 2. The topological polar surface area (TPSA) is 193 Å². The summed E-state index contributed by atoms with van der Waals surface area (Å²) in [7, 11) is -6.96. The van der Waals surface area contributed by atoms with Crippen molar-refractivity contribution >= 4 is 48.9 Å². The average Bonchev–Trinajstić information content (AvgIpc) is 3.29. The molecule has 0 radical (unpaired) electrons. The maximum Gasteiger partial charge on any atom is 0.341 e. The Morgan fingerprint density at radius 3 is 1.98 bits per heavy atom. The molecule has 0 atom stereocenters. The number of hydrogen-bond donors (Lipinski definition) is 2. The lowest BCUT2D eigenvalue weighted by Crippen LogP contribution is -2.54. The molecule has 3 aromatic carbocycles. The molecule has 4 heterocycles. The van der Waals surface area contributed by atoms with Gasteiger partial charge in [-0.25, -0.2) is 40.8 Å². The molecule has 2 N–H and O–H groups in total. The number of halogens is 1. The van der Waals surface area contributed by atoms with Crippen molar-refractivity contribution in [2.45, 2.75) is 32.7 Å². The highest BCUT2D eigenvalue weighted by Crippen LogP contribution is 2.29. The third kappa shape index (κ3) is 9.92. The quantitative estimate of drug-likeness (QED) is 0.139. The molecule has 61 heavy (non-hydrogen) atoms. The molecule has 0 bridgehead atoms. The first kappa shape index (κ1) is 42.2. The number of carbonyl (C=O) groups is 2. The first-order chi connectivity index (χ1) is 29.4. The van der Waals surface area contributed by atoms with Crippen molar-refractivity contribution in [3.05, 3.63) is 151 Å². The number of anilines is 3. The van der Waals surface area contributed by atoms with Crippen molar-refractivity contribution in [3.8, 4) is 5.75 Å². The third-order valence-corrected chi connectivity index (χ3v) is 13.0. The monoisotopic (exact) mass is 866 g/mol. The van der Waals surface area contributed by atoms with E-state index in [4.69, 9.17) is 9.47 Å².